The van der Waals surface area contributed by atoms with Crippen molar-refractivity contribution in [3.8, 4) is 5.75 Å². The van der Waals surface area contributed by atoms with Gasteiger partial charge < -0.3 is 20.1 Å². The molecule has 2 aromatic rings. The second-order valence-electron chi connectivity index (χ2n) is 7.57. The van der Waals surface area contributed by atoms with E-state index in [4.69, 9.17) is 4.74 Å². The number of esters is 1. The quantitative estimate of drug-likeness (QED) is 0.653. The molecule has 0 spiro atoms. The first-order valence-electron chi connectivity index (χ1n) is 10.2. The minimum atomic E-state index is -0.410. The van der Waals surface area contributed by atoms with Gasteiger partial charge in [0.05, 0.1) is 24.4 Å². The summed E-state index contributed by atoms with van der Waals surface area (Å²) >= 11 is 1.42. The molecule has 1 fully saturated rings. The molecular formula is C22H29N3O4S. The maximum Gasteiger partial charge on any atom is 0.341 e. The van der Waals surface area contributed by atoms with Crippen molar-refractivity contribution in [3.05, 3.63) is 40.8 Å². The van der Waals surface area contributed by atoms with Crippen molar-refractivity contribution < 1.29 is 19.4 Å². The Hall–Kier alpha value is -2.58. The standard InChI is InChI=1S/C22H29N3O4S/c1-4-29-22(28)16-13-19(15(2)3)30-21(16)23-20(27)14-24-9-11-25(12-10-24)17-7-5-6-8-18(17)26/h5-8,13,15,26H,4,9-12,14H2,1-3H3,(H,23,27). The van der Waals surface area contributed by atoms with E-state index in [9.17, 15) is 14.7 Å². The lowest BCUT2D eigenvalue weighted by molar-refractivity contribution is -0.117. The van der Waals surface area contributed by atoms with Crippen molar-refractivity contribution in [2.24, 2.45) is 0 Å². The fourth-order valence-electron chi connectivity index (χ4n) is 3.40. The van der Waals surface area contributed by atoms with Gasteiger partial charge in [-0.1, -0.05) is 26.0 Å². The highest BCUT2D eigenvalue weighted by atomic mass is 32.1. The summed E-state index contributed by atoms with van der Waals surface area (Å²) in [5.74, 6) is -0.0221. The van der Waals surface area contributed by atoms with E-state index < -0.39 is 5.97 Å². The summed E-state index contributed by atoms with van der Waals surface area (Å²) in [6.07, 6.45) is 0. The number of aromatic hydroxyl groups is 1. The normalized spacial score (nSPS) is 14.7. The number of nitrogens with one attached hydrogen (secondary N) is 1. The first kappa shape index (κ1) is 22.1. The number of nitrogens with zero attached hydrogens (tertiary/aromatic N) is 2. The molecular weight excluding hydrogens is 402 g/mol. The van der Waals surface area contributed by atoms with E-state index in [0.29, 0.717) is 30.3 Å². The van der Waals surface area contributed by atoms with E-state index in [1.54, 1.807) is 19.1 Å². The molecule has 0 atom stereocenters. The minimum Gasteiger partial charge on any atom is -0.506 e. The van der Waals surface area contributed by atoms with Gasteiger partial charge in [-0.2, -0.15) is 0 Å². The Bertz CT molecular complexity index is 888. The topological polar surface area (TPSA) is 82.1 Å². The lowest BCUT2D eigenvalue weighted by Crippen LogP contribution is -2.48. The number of para-hydroxylation sites is 2. The average Bonchev–Trinajstić information content (AvgIpc) is 3.13. The van der Waals surface area contributed by atoms with Crippen molar-refractivity contribution in [2.75, 3.05) is 49.5 Å². The fraction of sp³-hybridized carbons (Fsp3) is 0.455. The van der Waals surface area contributed by atoms with Gasteiger partial charge in [0.25, 0.3) is 0 Å². The van der Waals surface area contributed by atoms with Gasteiger partial charge in [0, 0.05) is 31.1 Å². The number of thiophene rings is 1. The molecule has 2 N–H and O–H groups in total. The largest absolute Gasteiger partial charge is 0.506 e. The third-order valence-corrected chi connectivity index (χ3v) is 6.38. The van der Waals surface area contributed by atoms with Crippen molar-refractivity contribution in [1.29, 1.82) is 0 Å². The molecule has 162 valence electrons. The van der Waals surface area contributed by atoms with Gasteiger partial charge >= 0.3 is 5.97 Å². The minimum absolute atomic E-state index is 0.145. The van der Waals surface area contributed by atoms with Gasteiger partial charge in [-0.25, -0.2) is 4.79 Å². The number of piperazine rings is 1. The smallest absolute Gasteiger partial charge is 0.341 e. The van der Waals surface area contributed by atoms with Crippen molar-refractivity contribution in [1.82, 2.24) is 4.90 Å². The van der Waals surface area contributed by atoms with Gasteiger partial charge in [0.2, 0.25) is 5.91 Å². The van der Waals surface area contributed by atoms with Crippen LogP contribution in [-0.4, -0.2) is 61.2 Å². The van der Waals surface area contributed by atoms with Crippen LogP contribution < -0.4 is 10.2 Å². The molecule has 8 heteroatoms. The van der Waals surface area contributed by atoms with Crippen LogP contribution in [0.15, 0.2) is 30.3 Å². The molecule has 30 heavy (non-hydrogen) atoms. The predicted molar refractivity (Wildman–Crippen MR) is 120 cm³/mol. The van der Waals surface area contributed by atoms with Crippen LogP contribution in [0.3, 0.4) is 0 Å². The molecule has 1 amide bonds. The zero-order chi connectivity index (χ0) is 21.7. The summed E-state index contributed by atoms with van der Waals surface area (Å²) in [6.45, 7) is 9.31. The number of phenolic OH excluding ortho intramolecular Hbond substituents is 1. The average molecular weight is 432 g/mol. The Labute approximate surface area is 181 Å². The molecule has 2 heterocycles. The van der Waals surface area contributed by atoms with E-state index in [1.807, 2.05) is 18.2 Å². The maximum atomic E-state index is 12.6. The lowest BCUT2D eigenvalue weighted by Gasteiger charge is -2.35. The van der Waals surface area contributed by atoms with Crippen LogP contribution in [0.2, 0.25) is 0 Å². The van der Waals surface area contributed by atoms with E-state index in [1.165, 1.54) is 11.3 Å². The Morgan fingerprint density at radius 1 is 1.20 bits per heavy atom. The molecule has 1 aliphatic heterocycles. The molecule has 3 rings (SSSR count). The third kappa shape index (κ3) is 5.31. The Morgan fingerprint density at radius 2 is 1.90 bits per heavy atom. The molecule has 0 bridgehead atoms. The lowest BCUT2D eigenvalue weighted by atomic mass is 10.1. The van der Waals surface area contributed by atoms with Crippen LogP contribution >= 0.6 is 11.3 Å². The van der Waals surface area contributed by atoms with Crippen LogP contribution in [0.25, 0.3) is 0 Å². The third-order valence-electron chi connectivity index (χ3n) is 5.03. The molecule has 0 aliphatic carbocycles. The summed E-state index contributed by atoms with van der Waals surface area (Å²) in [5, 5.41) is 13.5. The second kappa shape index (κ2) is 9.95. The summed E-state index contributed by atoms with van der Waals surface area (Å²) < 4.78 is 5.14. The number of ether oxygens (including phenoxy) is 1. The zero-order valence-corrected chi connectivity index (χ0v) is 18.5. The highest BCUT2D eigenvalue weighted by molar-refractivity contribution is 7.16. The summed E-state index contributed by atoms with van der Waals surface area (Å²) in [4.78, 5) is 30.1. The van der Waals surface area contributed by atoms with Crippen molar-refractivity contribution in [2.45, 2.75) is 26.7 Å². The van der Waals surface area contributed by atoms with E-state index >= 15 is 0 Å². The number of amides is 1. The molecule has 1 aromatic carbocycles. The van der Waals surface area contributed by atoms with Crippen LogP contribution in [0.4, 0.5) is 10.7 Å². The van der Waals surface area contributed by atoms with Gasteiger partial charge in [-0.3, -0.25) is 9.69 Å². The Kier molecular flexibility index (Phi) is 7.33. The number of phenols is 1. The van der Waals surface area contributed by atoms with Crippen LogP contribution in [0.1, 0.15) is 41.9 Å². The monoisotopic (exact) mass is 431 g/mol. The molecule has 0 saturated carbocycles. The number of rotatable bonds is 7. The predicted octanol–water partition coefficient (Wildman–Crippen LogP) is 3.51. The number of carbonyl (C=O) groups is 2. The SMILES string of the molecule is CCOC(=O)c1cc(C(C)C)sc1NC(=O)CN1CCN(c2ccccc2O)CC1. The van der Waals surface area contributed by atoms with E-state index in [2.05, 4.69) is 29.0 Å². The molecule has 0 radical (unpaired) electrons. The number of carbonyl (C=O) groups excluding carboxylic acids is 2. The van der Waals surface area contributed by atoms with E-state index in [0.717, 1.165) is 23.7 Å². The highest BCUT2D eigenvalue weighted by Crippen LogP contribution is 2.33. The van der Waals surface area contributed by atoms with Crippen LogP contribution in [0, 0.1) is 0 Å². The molecule has 0 unspecified atom stereocenters. The summed E-state index contributed by atoms with van der Waals surface area (Å²) in [6, 6.07) is 9.11. The van der Waals surface area contributed by atoms with Crippen molar-refractivity contribution >= 4 is 33.9 Å². The van der Waals surface area contributed by atoms with Crippen LogP contribution in [0.5, 0.6) is 5.75 Å². The summed E-state index contributed by atoms with van der Waals surface area (Å²) in [7, 11) is 0. The molecule has 1 aromatic heterocycles. The van der Waals surface area contributed by atoms with Crippen molar-refractivity contribution in [3.63, 3.8) is 0 Å². The zero-order valence-electron chi connectivity index (χ0n) is 17.7. The number of hydrogen-bond acceptors (Lipinski definition) is 7. The molecule has 7 nitrogen and oxygen atoms in total. The molecule has 1 saturated heterocycles. The Balaban J connectivity index is 1.59. The summed E-state index contributed by atoms with van der Waals surface area (Å²) in [5.41, 5.74) is 1.24. The van der Waals surface area contributed by atoms with Gasteiger partial charge in [-0.15, -0.1) is 11.3 Å². The fourth-order valence-corrected chi connectivity index (χ4v) is 4.46. The first-order valence-corrected chi connectivity index (χ1v) is 11.1. The van der Waals surface area contributed by atoms with Gasteiger partial charge in [0.1, 0.15) is 10.8 Å². The number of benzene rings is 1. The van der Waals surface area contributed by atoms with Gasteiger partial charge in [-0.05, 0) is 31.0 Å². The van der Waals surface area contributed by atoms with Crippen LogP contribution in [-0.2, 0) is 9.53 Å². The number of hydrogen-bond donors (Lipinski definition) is 2. The first-order chi connectivity index (χ1) is 14.4. The van der Waals surface area contributed by atoms with Gasteiger partial charge in [0.15, 0.2) is 0 Å². The number of anilines is 2. The van der Waals surface area contributed by atoms with E-state index in [-0.39, 0.29) is 24.1 Å². The maximum absolute atomic E-state index is 12.6. The highest BCUT2D eigenvalue weighted by Gasteiger charge is 2.23. The Morgan fingerprint density at radius 3 is 2.53 bits per heavy atom. The molecule has 1 aliphatic rings. The second-order valence-corrected chi connectivity index (χ2v) is 8.65.